The number of benzene rings is 1. The van der Waals surface area contributed by atoms with Crippen molar-refractivity contribution in [2.24, 2.45) is 0 Å². The Hall–Kier alpha value is -0.280. The zero-order chi connectivity index (χ0) is 12.8. The highest BCUT2D eigenvalue weighted by Gasteiger charge is 2.30. The molecular weight excluding hydrogens is 258 g/mol. The van der Waals surface area contributed by atoms with Gasteiger partial charge in [-0.15, -0.1) is 11.7 Å². The summed E-state index contributed by atoms with van der Waals surface area (Å²) < 4.78 is 0.105. The molecule has 0 bridgehead atoms. The van der Waals surface area contributed by atoms with Crippen molar-refractivity contribution in [1.29, 1.82) is 0 Å². The van der Waals surface area contributed by atoms with Crippen LogP contribution in [0, 0.1) is 0 Å². The number of hydrogen-bond donors (Lipinski definition) is 1. The van der Waals surface area contributed by atoms with Crippen LogP contribution in [0.25, 0.3) is 0 Å². The maximum absolute atomic E-state index is 4.47. The lowest BCUT2D eigenvalue weighted by atomic mass is 9.85. The summed E-state index contributed by atoms with van der Waals surface area (Å²) in [6, 6.07) is 4.71. The van der Waals surface area contributed by atoms with E-state index in [0.29, 0.717) is 0 Å². The Balaban J connectivity index is 2.17. The van der Waals surface area contributed by atoms with Gasteiger partial charge in [0.25, 0.3) is 0 Å². The zero-order valence-electron chi connectivity index (χ0n) is 11.2. The lowest BCUT2D eigenvalue weighted by Gasteiger charge is -2.39. The molecule has 98 valence electrons. The zero-order valence-corrected chi connectivity index (χ0v) is 12.9. The van der Waals surface area contributed by atoms with E-state index in [1.807, 2.05) is 0 Å². The maximum atomic E-state index is 4.47. The quantitative estimate of drug-likeness (QED) is 0.638. The van der Waals surface area contributed by atoms with E-state index in [0.717, 1.165) is 0 Å². The summed E-state index contributed by atoms with van der Waals surface area (Å²) in [6.45, 7) is 7.06. The first-order chi connectivity index (χ1) is 8.63. The fraction of sp³-hybridized carbons (Fsp3) is 0.600. The summed E-state index contributed by atoms with van der Waals surface area (Å²) in [5.74, 6) is 0. The van der Waals surface area contributed by atoms with Gasteiger partial charge < -0.3 is 4.90 Å². The molecular formula is C15H21NS2. The van der Waals surface area contributed by atoms with Crippen LogP contribution < -0.4 is 4.90 Å². The molecule has 0 atom stereocenters. The minimum Gasteiger partial charge on any atom is -0.371 e. The molecule has 1 aromatic rings. The third kappa shape index (κ3) is 1.96. The molecule has 0 unspecified atom stereocenters. The van der Waals surface area contributed by atoms with E-state index in [1.165, 1.54) is 44.3 Å². The minimum atomic E-state index is 0.105. The van der Waals surface area contributed by atoms with Gasteiger partial charge in [0.05, 0.1) is 0 Å². The molecule has 1 aromatic carbocycles. The van der Waals surface area contributed by atoms with E-state index in [2.05, 4.69) is 42.5 Å². The smallest absolute Gasteiger partial charge is 0.0456 e. The van der Waals surface area contributed by atoms with Gasteiger partial charge in [-0.05, 0) is 56.2 Å². The van der Waals surface area contributed by atoms with Crippen LogP contribution in [0.2, 0.25) is 0 Å². The Morgan fingerprint density at radius 1 is 1.17 bits per heavy atom. The lowest BCUT2D eigenvalue weighted by Crippen LogP contribution is -2.35. The summed E-state index contributed by atoms with van der Waals surface area (Å²) in [7, 11) is 1.66. The van der Waals surface area contributed by atoms with Crippen molar-refractivity contribution in [3.8, 4) is 0 Å². The van der Waals surface area contributed by atoms with Gasteiger partial charge in [-0.25, -0.2) is 0 Å². The van der Waals surface area contributed by atoms with Crippen molar-refractivity contribution in [2.45, 2.75) is 44.3 Å². The molecule has 3 heteroatoms. The molecule has 2 aliphatic rings. The molecule has 0 saturated carbocycles. The van der Waals surface area contributed by atoms with E-state index in [4.69, 9.17) is 0 Å². The molecule has 2 aliphatic heterocycles. The monoisotopic (exact) mass is 279 g/mol. The third-order valence-electron chi connectivity index (χ3n) is 4.29. The lowest BCUT2D eigenvalue weighted by molar-refractivity contribution is 0.623. The first-order valence-electron chi connectivity index (χ1n) is 6.86. The van der Waals surface area contributed by atoms with E-state index < -0.39 is 0 Å². The molecule has 0 fully saturated rings. The van der Waals surface area contributed by atoms with E-state index in [-0.39, 0.29) is 4.75 Å². The molecule has 3 rings (SSSR count). The van der Waals surface area contributed by atoms with E-state index in [9.17, 15) is 0 Å². The number of rotatable bonds is 2. The number of anilines is 1. The fourth-order valence-corrected chi connectivity index (χ4v) is 3.97. The molecule has 0 aromatic heterocycles. The standard InChI is InChI=1S/C15H21NS2/c1-15(2,18-17)13-8-7-11-5-3-9-16-10-4-6-12(13)14(11)16/h7-8,17H,3-6,9-10H2,1-2H3. The Bertz CT molecular complexity index is 466. The molecule has 0 amide bonds. The van der Waals surface area contributed by atoms with Crippen molar-refractivity contribution in [3.05, 3.63) is 28.8 Å². The van der Waals surface area contributed by atoms with Crippen LogP contribution in [-0.2, 0) is 17.6 Å². The average molecular weight is 279 g/mol. The SMILES string of the molecule is CC(C)(SS)c1ccc2c3c1CCCN3CCC2. The van der Waals surface area contributed by atoms with E-state index in [1.54, 1.807) is 27.6 Å². The third-order valence-corrected chi connectivity index (χ3v) is 6.33. The highest BCUT2D eigenvalue weighted by molar-refractivity contribution is 8.69. The van der Waals surface area contributed by atoms with Crippen LogP contribution in [0.4, 0.5) is 5.69 Å². The van der Waals surface area contributed by atoms with Gasteiger partial charge in [-0.3, -0.25) is 0 Å². The van der Waals surface area contributed by atoms with Crippen molar-refractivity contribution in [1.82, 2.24) is 0 Å². The van der Waals surface area contributed by atoms with Crippen molar-refractivity contribution in [2.75, 3.05) is 18.0 Å². The highest BCUT2D eigenvalue weighted by Crippen LogP contribution is 2.45. The predicted molar refractivity (Wildman–Crippen MR) is 84.9 cm³/mol. The Morgan fingerprint density at radius 3 is 2.61 bits per heavy atom. The number of aryl methyl sites for hydroxylation is 1. The van der Waals surface area contributed by atoms with E-state index >= 15 is 0 Å². The number of thiol groups is 1. The summed E-state index contributed by atoms with van der Waals surface area (Å²) in [6.07, 6.45) is 5.12. The average Bonchev–Trinajstić information content (AvgIpc) is 2.39. The summed E-state index contributed by atoms with van der Waals surface area (Å²) in [4.78, 5) is 2.61. The summed E-state index contributed by atoms with van der Waals surface area (Å²) in [5, 5.41) is 0. The van der Waals surface area contributed by atoms with Crippen LogP contribution in [0.1, 0.15) is 43.4 Å². The van der Waals surface area contributed by atoms with Gasteiger partial charge in [-0.2, -0.15) is 0 Å². The molecule has 1 nitrogen and oxygen atoms in total. The normalized spacial score (nSPS) is 18.7. The Labute approximate surface area is 119 Å². The van der Waals surface area contributed by atoms with Gasteiger partial charge in [0.1, 0.15) is 0 Å². The van der Waals surface area contributed by atoms with Gasteiger partial charge in [0.15, 0.2) is 0 Å². The van der Waals surface area contributed by atoms with Crippen molar-refractivity contribution < 1.29 is 0 Å². The number of nitrogens with zero attached hydrogens (tertiary/aromatic N) is 1. The van der Waals surface area contributed by atoms with Gasteiger partial charge in [-0.1, -0.05) is 22.9 Å². The van der Waals surface area contributed by atoms with Crippen LogP contribution in [0.15, 0.2) is 12.1 Å². The molecule has 0 spiro atoms. The van der Waals surface area contributed by atoms with Gasteiger partial charge in [0.2, 0.25) is 0 Å². The summed E-state index contributed by atoms with van der Waals surface area (Å²) >= 11 is 4.47. The Kier molecular flexibility index (Phi) is 3.31. The molecule has 2 heterocycles. The maximum Gasteiger partial charge on any atom is 0.0456 e. The molecule has 0 saturated heterocycles. The fourth-order valence-electron chi connectivity index (χ4n) is 3.39. The first kappa shape index (κ1) is 12.7. The predicted octanol–water partition coefficient (Wildman–Crippen LogP) is 4.20. The first-order valence-corrected chi connectivity index (χ1v) is 8.73. The van der Waals surface area contributed by atoms with Crippen molar-refractivity contribution in [3.63, 3.8) is 0 Å². The minimum absolute atomic E-state index is 0.105. The van der Waals surface area contributed by atoms with Crippen LogP contribution in [-0.4, -0.2) is 13.1 Å². The molecule has 0 radical (unpaired) electrons. The van der Waals surface area contributed by atoms with Gasteiger partial charge in [0, 0.05) is 23.5 Å². The number of hydrogen-bond acceptors (Lipinski definition) is 3. The molecule has 0 aliphatic carbocycles. The van der Waals surface area contributed by atoms with Crippen LogP contribution in [0.5, 0.6) is 0 Å². The second-order valence-electron chi connectivity index (χ2n) is 5.90. The highest BCUT2D eigenvalue weighted by atomic mass is 33.1. The Morgan fingerprint density at radius 2 is 1.89 bits per heavy atom. The summed E-state index contributed by atoms with van der Waals surface area (Å²) in [5.41, 5.74) is 6.23. The largest absolute Gasteiger partial charge is 0.371 e. The molecule has 0 N–H and O–H groups in total. The van der Waals surface area contributed by atoms with Crippen LogP contribution in [0.3, 0.4) is 0 Å². The van der Waals surface area contributed by atoms with Crippen LogP contribution >= 0.6 is 22.5 Å². The van der Waals surface area contributed by atoms with Crippen molar-refractivity contribution >= 4 is 28.1 Å². The van der Waals surface area contributed by atoms with Gasteiger partial charge >= 0.3 is 0 Å². The second-order valence-corrected chi connectivity index (χ2v) is 7.65. The topological polar surface area (TPSA) is 3.24 Å². The second kappa shape index (κ2) is 4.68. The molecule has 18 heavy (non-hydrogen) atoms.